The van der Waals surface area contributed by atoms with E-state index in [2.05, 4.69) is 57.5 Å². The lowest BCUT2D eigenvalue weighted by Gasteiger charge is -2.17. The van der Waals surface area contributed by atoms with Gasteiger partial charge >= 0.3 is 0 Å². The first-order valence-electron chi connectivity index (χ1n) is 11.1. The zero-order valence-electron chi connectivity index (χ0n) is 19.1. The van der Waals surface area contributed by atoms with E-state index in [4.69, 9.17) is 9.47 Å². The third-order valence-corrected chi connectivity index (χ3v) is 4.57. The van der Waals surface area contributed by atoms with E-state index in [0.29, 0.717) is 13.2 Å². The summed E-state index contributed by atoms with van der Waals surface area (Å²) in [7, 11) is 0. The Morgan fingerprint density at radius 1 is 0.733 bits per heavy atom. The average molecular weight is 411 g/mol. The largest absolute Gasteiger partial charge is 0.349 e. The van der Waals surface area contributed by atoms with Crippen LogP contribution in [0.15, 0.2) is 98.2 Å². The summed E-state index contributed by atoms with van der Waals surface area (Å²) in [6.07, 6.45) is 27.9. The Morgan fingerprint density at radius 2 is 1.23 bits per heavy atom. The quantitative estimate of drug-likeness (QED) is 0.114. The van der Waals surface area contributed by atoms with Crippen LogP contribution < -0.4 is 0 Å². The first kappa shape index (κ1) is 27.8. The molecule has 0 radical (unpaired) electrons. The topological polar surface area (TPSA) is 18.5 Å². The van der Waals surface area contributed by atoms with Crippen molar-refractivity contribution in [3.05, 3.63) is 98.2 Å². The summed E-state index contributed by atoms with van der Waals surface area (Å²) < 4.78 is 12.1. The van der Waals surface area contributed by atoms with Gasteiger partial charge in [-0.25, -0.2) is 0 Å². The molecule has 0 aliphatic carbocycles. The van der Waals surface area contributed by atoms with Crippen LogP contribution in [0.5, 0.6) is 0 Å². The summed E-state index contributed by atoms with van der Waals surface area (Å²) in [6, 6.07) is 0. The van der Waals surface area contributed by atoms with Crippen LogP contribution in [0, 0.1) is 0 Å². The van der Waals surface area contributed by atoms with Gasteiger partial charge in [0.05, 0.1) is 13.2 Å². The van der Waals surface area contributed by atoms with Crippen molar-refractivity contribution in [2.24, 2.45) is 0 Å². The van der Waals surface area contributed by atoms with Crippen LogP contribution in [0.25, 0.3) is 0 Å². The fraction of sp³-hybridized carbons (Fsp3) is 0.429. The smallest absolute Gasteiger partial charge is 0.158 e. The molecule has 30 heavy (non-hydrogen) atoms. The van der Waals surface area contributed by atoms with Crippen molar-refractivity contribution >= 4 is 0 Å². The number of hydrogen-bond donors (Lipinski definition) is 0. The first-order chi connectivity index (χ1) is 14.7. The number of unbranched alkanes of at least 4 members (excludes halogenated alkanes) is 4. The van der Waals surface area contributed by atoms with Crippen LogP contribution in [0.4, 0.5) is 0 Å². The molecule has 0 unspecified atom stereocenters. The summed E-state index contributed by atoms with van der Waals surface area (Å²) in [6.45, 7) is 18.4. The fourth-order valence-electron chi connectivity index (χ4n) is 2.75. The van der Waals surface area contributed by atoms with E-state index in [0.717, 1.165) is 36.8 Å². The highest BCUT2D eigenvalue weighted by molar-refractivity contribution is 5.21. The number of ether oxygens (including phenoxy) is 2. The first-order valence-corrected chi connectivity index (χ1v) is 11.1. The SMILES string of the molecule is C=CC=CCC(C=C)=CCOC(CCCCCCC)OCC=C(C=C)CC=CC=C. The van der Waals surface area contributed by atoms with Crippen molar-refractivity contribution in [2.75, 3.05) is 13.2 Å². The molecule has 0 atom stereocenters. The Balaban J connectivity index is 4.71. The van der Waals surface area contributed by atoms with Gasteiger partial charge in [0.15, 0.2) is 6.29 Å². The van der Waals surface area contributed by atoms with Crippen LogP contribution in [0.1, 0.15) is 58.3 Å². The predicted octanol–water partition coefficient (Wildman–Crippen LogP) is 8.20. The van der Waals surface area contributed by atoms with Gasteiger partial charge in [0.2, 0.25) is 0 Å². The van der Waals surface area contributed by atoms with Gasteiger partial charge < -0.3 is 9.47 Å². The number of rotatable bonds is 20. The van der Waals surface area contributed by atoms with E-state index >= 15 is 0 Å². The molecule has 0 amide bonds. The zero-order valence-corrected chi connectivity index (χ0v) is 19.1. The molecule has 0 spiro atoms. The predicted molar refractivity (Wildman–Crippen MR) is 134 cm³/mol. The van der Waals surface area contributed by atoms with E-state index in [1.54, 1.807) is 12.2 Å². The monoisotopic (exact) mass is 410 g/mol. The lowest BCUT2D eigenvalue weighted by atomic mass is 10.1. The average Bonchev–Trinajstić information content (AvgIpc) is 2.76. The molecule has 166 valence electrons. The number of hydrogen-bond acceptors (Lipinski definition) is 2. The number of allylic oxidation sites excluding steroid dienone is 10. The normalized spacial score (nSPS) is 13.6. The summed E-state index contributed by atoms with van der Waals surface area (Å²) >= 11 is 0. The summed E-state index contributed by atoms with van der Waals surface area (Å²) in [4.78, 5) is 0. The van der Waals surface area contributed by atoms with Gasteiger partial charge in [-0.2, -0.15) is 0 Å². The highest BCUT2D eigenvalue weighted by Crippen LogP contribution is 2.13. The molecule has 0 aromatic rings. The molecular weight excluding hydrogens is 368 g/mol. The van der Waals surface area contributed by atoms with Gasteiger partial charge in [0.25, 0.3) is 0 Å². The minimum absolute atomic E-state index is 0.205. The molecule has 0 aliphatic rings. The van der Waals surface area contributed by atoms with Crippen LogP contribution in [-0.4, -0.2) is 19.5 Å². The Labute approximate surface area is 185 Å². The molecule has 2 heteroatoms. The highest BCUT2D eigenvalue weighted by atomic mass is 16.7. The molecule has 0 saturated carbocycles. The molecule has 2 nitrogen and oxygen atoms in total. The van der Waals surface area contributed by atoms with Crippen molar-refractivity contribution in [1.82, 2.24) is 0 Å². The molecule has 0 aromatic heterocycles. The van der Waals surface area contributed by atoms with Crippen molar-refractivity contribution < 1.29 is 9.47 Å². The summed E-state index contributed by atoms with van der Waals surface area (Å²) in [5.74, 6) is 0. The summed E-state index contributed by atoms with van der Waals surface area (Å²) in [5.41, 5.74) is 2.27. The Kier molecular flexibility index (Phi) is 20.0. The summed E-state index contributed by atoms with van der Waals surface area (Å²) in [5, 5.41) is 0. The maximum absolute atomic E-state index is 6.03. The zero-order chi connectivity index (χ0) is 22.3. The van der Waals surface area contributed by atoms with Crippen molar-refractivity contribution in [2.45, 2.75) is 64.6 Å². The standard InChI is InChI=1S/C28H42O2/c1-6-11-14-15-18-21-28(29-24-22-26(9-4)19-16-12-7-2)30-25-23-27(10-5)20-17-13-8-3/h7-10,12-13,16-17,22-23,28H,2-6,11,14-15,18-21,24-25H2,1H3. The van der Waals surface area contributed by atoms with Gasteiger partial charge in [0.1, 0.15) is 0 Å². The highest BCUT2D eigenvalue weighted by Gasteiger charge is 2.08. The van der Waals surface area contributed by atoms with Gasteiger partial charge in [-0.1, -0.05) is 120 Å². The van der Waals surface area contributed by atoms with Crippen molar-refractivity contribution in [3.8, 4) is 0 Å². The van der Waals surface area contributed by atoms with Crippen LogP contribution in [0.2, 0.25) is 0 Å². The lowest BCUT2D eigenvalue weighted by molar-refractivity contribution is -0.131. The van der Waals surface area contributed by atoms with Gasteiger partial charge in [0, 0.05) is 0 Å². The van der Waals surface area contributed by atoms with E-state index in [1.807, 2.05) is 24.3 Å². The van der Waals surface area contributed by atoms with E-state index in [-0.39, 0.29) is 6.29 Å². The minimum Gasteiger partial charge on any atom is -0.349 e. The van der Waals surface area contributed by atoms with Crippen molar-refractivity contribution in [1.29, 1.82) is 0 Å². The minimum atomic E-state index is -0.205. The van der Waals surface area contributed by atoms with Crippen molar-refractivity contribution in [3.63, 3.8) is 0 Å². The Bertz CT molecular complexity index is 544. The Hall–Kier alpha value is -2.16. The molecule has 0 heterocycles. The van der Waals surface area contributed by atoms with Gasteiger partial charge in [-0.3, -0.25) is 0 Å². The molecule has 0 fully saturated rings. The Morgan fingerprint density at radius 3 is 1.67 bits per heavy atom. The second-order valence-corrected chi connectivity index (χ2v) is 7.00. The van der Waals surface area contributed by atoms with E-state index < -0.39 is 0 Å². The molecule has 0 N–H and O–H groups in total. The third kappa shape index (κ3) is 16.8. The van der Waals surface area contributed by atoms with Crippen LogP contribution in [0.3, 0.4) is 0 Å². The second-order valence-electron chi connectivity index (χ2n) is 7.00. The van der Waals surface area contributed by atoms with Crippen LogP contribution >= 0.6 is 0 Å². The molecule has 0 aliphatic heterocycles. The van der Waals surface area contributed by atoms with E-state index in [9.17, 15) is 0 Å². The van der Waals surface area contributed by atoms with Crippen LogP contribution in [-0.2, 0) is 9.47 Å². The molecule has 0 bridgehead atoms. The molecule has 0 rings (SSSR count). The fourth-order valence-corrected chi connectivity index (χ4v) is 2.75. The maximum atomic E-state index is 6.03. The molecule has 0 saturated heterocycles. The molecule has 0 aromatic carbocycles. The van der Waals surface area contributed by atoms with Gasteiger partial charge in [-0.15, -0.1) is 0 Å². The van der Waals surface area contributed by atoms with E-state index in [1.165, 1.54) is 25.7 Å². The third-order valence-electron chi connectivity index (χ3n) is 4.57. The second kappa shape index (κ2) is 21.5. The molecular formula is C28H42O2. The maximum Gasteiger partial charge on any atom is 0.158 e. The lowest BCUT2D eigenvalue weighted by Crippen LogP contribution is -2.18. The van der Waals surface area contributed by atoms with Gasteiger partial charge in [-0.05, 0) is 36.8 Å².